The molecule has 1 amide bonds. The van der Waals surface area contributed by atoms with Crippen molar-refractivity contribution < 1.29 is 9.18 Å². The van der Waals surface area contributed by atoms with Crippen LogP contribution >= 0.6 is 0 Å². The molecular weight excluding hydrogens is 355 g/mol. The van der Waals surface area contributed by atoms with Crippen molar-refractivity contribution in [2.75, 3.05) is 31.1 Å². The third kappa shape index (κ3) is 4.16. The van der Waals surface area contributed by atoms with Gasteiger partial charge in [0.1, 0.15) is 11.6 Å². The van der Waals surface area contributed by atoms with E-state index >= 15 is 0 Å². The summed E-state index contributed by atoms with van der Waals surface area (Å²) in [5.74, 6) is 2.19. The van der Waals surface area contributed by atoms with E-state index in [1.165, 1.54) is 12.1 Å². The van der Waals surface area contributed by atoms with E-state index in [-0.39, 0.29) is 11.7 Å². The molecule has 2 aliphatic rings. The predicted molar refractivity (Wildman–Crippen MR) is 107 cm³/mol. The predicted octanol–water partition coefficient (Wildman–Crippen LogP) is 3.76. The Hall–Kier alpha value is -2.50. The van der Waals surface area contributed by atoms with Crippen molar-refractivity contribution >= 4 is 11.7 Å². The molecule has 28 heavy (non-hydrogen) atoms. The van der Waals surface area contributed by atoms with E-state index < -0.39 is 0 Å². The van der Waals surface area contributed by atoms with Crippen LogP contribution in [0.1, 0.15) is 32.6 Å². The van der Waals surface area contributed by atoms with Gasteiger partial charge in [-0.15, -0.1) is 0 Å². The quantitative estimate of drug-likeness (QED) is 0.811. The van der Waals surface area contributed by atoms with Gasteiger partial charge in [-0.1, -0.05) is 6.92 Å². The third-order valence-electron chi connectivity index (χ3n) is 5.93. The summed E-state index contributed by atoms with van der Waals surface area (Å²) < 4.78 is 13.2. The fourth-order valence-corrected chi connectivity index (χ4v) is 4.14. The van der Waals surface area contributed by atoms with Crippen LogP contribution in [0.5, 0.6) is 0 Å². The molecule has 1 aromatic carbocycles. The summed E-state index contributed by atoms with van der Waals surface area (Å²) in [6.45, 7) is 5.63. The van der Waals surface area contributed by atoms with Crippen molar-refractivity contribution in [3.63, 3.8) is 0 Å². The van der Waals surface area contributed by atoms with E-state index in [1.807, 2.05) is 6.07 Å². The van der Waals surface area contributed by atoms with Gasteiger partial charge >= 0.3 is 0 Å². The second-order valence-electron chi connectivity index (χ2n) is 8.04. The van der Waals surface area contributed by atoms with Crippen molar-refractivity contribution in [2.45, 2.75) is 32.6 Å². The number of rotatable bonds is 3. The highest BCUT2D eigenvalue weighted by Crippen LogP contribution is 2.26. The van der Waals surface area contributed by atoms with Gasteiger partial charge in [0, 0.05) is 37.9 Å². The molecular formula is C22H27FN4O. The Morgan fingerprint density at radius 2 is 1.82 bits per heavy atom. The number of anilines is 1. The van der Waals surface area contributed by atoms with Crippen molar-refractivity contribution in [3.05, 3.63) is 42.3 Å². The van der Waals surface area contributed by atoms with E-state index in [0.29, 0.717) is 18.3 Å². The number of hydrogen-bond acceptors (Lipinski definition) is 4. The molecule has 2 saturated heterocycles. The van der Waals surface area contributed by atoms with Crippen LogP contribution in [0.4, 0.5) is 10.2 Å². The molecule has 0 spiro atoms. The van der Waals surface area contributed by atoms with Gasteiger partial charge in [-0.25, -0.2) is 14.4 Å². The number of carbonyl (C=O) groups is 1. The van der Waals surface area contributed by atoms with E-state index in [1.54, 1.807) is 18.3 Å². The van der Waals surface area contributed by atoms with Gasteiger partial charge < -0.3 is 9.80 Å². The molecule has 1 aromatic heterocycles. The van der Waals surface area contributed by atoms with Gasteiger partial charge in [-0.2, -0.15) is 0 Å². The van der Waals surface area contributed by atoms with Crippen LogP contribution < -0.4 is 4.90 Å². The summed E-state index contributed by atoms with van der Waals surface area (Å²) in [7, 11) is 0. The molecule has 0 unspecified atom stereocenters. The molecule has 0 radical (unpaired) electrons. The van der Waals surface area contributed by atoms with Gasteiger partial charge in [0.25, 0.3) is 0 Å². The average Bonchev–Trinajstić information content (AvgIpc) is 2.74. The first-order valence-electron chi connectivity index (χ1n) is 10.2. The molecule has 2 aliphatic heterocycles. The lowest BCUT2D eigenvalue weighted by molar-refractivity contribution is -0.137. The summed E-state index contributed by atoms with van der Waals surface area (Å²) in [6.07, 6.45) is 5.87. The number of aromatic nitrogens is 2. The molecule has 5 nitrogen and oxygen atoms in total. The molecule has 6 heteroatoms. The normalized spacial score (nSPS) is 21.0. The molecule has 0 aliphatic carbocycles. The number of piperidine rings is 2. The lowest BCUT2D eigenvalue weighted by atomic mass is 9.93. The SMILES string of the molecule is CC1CCN(C(=O)[C@H]2CCCN(c3ccnc(-c4ccc(F)cc4)n3)C2)CC1. The fourth-order valence-electron chi connectivity index (χ4n) is 4.14. The van der Waals surface area contributed by atoms with Crippen LogP contribution in [0, 0.1) is 17.7 Å². The van der Waals surface area contributed by atoms with Gasteiger partial charge in [-0.05, 0) is 61.9 Å². The van der Waals surface area contributed by atoms with E-state index in [0.717, 1.165) is 62.6 Å². The average molecular weight is 382 g/mol. The van der Waals surface area contributed by atoms with E-state index in [4.69, 9.17) is 0 Å². The highest BCUT2D eigenvalue weighted by molar-refractivity contribution is 5.80. The Kier molecular flexibility index (Phi) is 5.55. The minimum atomic E-state index is -0.274. The summed E-state index contributed by atoms with van der Waals surface area (Å²) in [6, 6.07) is 8.10. The molecule has 0 saturated carbocycles. The Morgan fingerprint density at radius 1 is 1.07 bits per heavy atom. The lowest BCUT2D eigenvalue weighted by Gasteiger charge is -2.37. The summed E-state index contributed by atoms with van der Waals surface area (Å²) in [5.41, 5.74) is 0.787. The van der Waals surface area contributed by atoms with Crippen molar-refractivity contribution in [1.29, 1.82) is 0 Å². The zero-order valence-electron chi connectivity index (χ0n) is 16.4. The minimum absolute atomic E-state index is 0.0337. The maximum Gasteiger partial charge on any atom is 0.227 e. The Morgan fingerprint density at radius 3 is 2.57 bits per heavy atom. The molecule has 2 fully saturated rings. The Labute approximate surface area is 165 Å². The second-order valence-corrected chi connectivity index (χ2v) is 8.04. The van der Waals surface area contributed by atoms with Crippen LogP contribution in [0.3, 0.4) is 0 Å². The molecule has 148 valence electrons. The maximum absolute atomic E-state index is 13.2. The van der Waals surface area contributed by atoms with Crippen LogP contribution in [0.15, 0.2) is 36.5 Å². The zero-order valence-corrected chi connectivity index (χ0v) is 16.4. The third-order valence-corrected chi connectivity index (χ3v) is 5.93. The van der Waals surface area contributed by atoms with E-state index in [2.05, 4.69) is 26.7 Å². The molecule has 0 N–H and O–H groups in total. The monoisotopic (exact) mass is 382 g/mol. The summed E-state index contributed by atoms with van der Waals surface area (Å²) >= 11 is 0. The zero-order chi connectivity index (χ0) is 19.5. The van der Waals surface area contributed by atoms with Gasteiger partial charge in [0.05, 0.1) is 5.92 Å². The number of benzene rings is 1. The number of carbonyl (C=O) groups excluding carboxylic acids is 1. The number of likely N-dealkylation sites (tertiary alicyclic amines) is 1. The number of hydrogen-bond donors (Lipinski definition) is 0. The first-order valence-corrected chi connectivity index (χ1v) is 10.2. The smallest absolute Gasteiger partial charge is 0.227 e. The topological polar surface area (TPSA) is 49.3 Å². The summed E-state index contributed by atoms with van der Waals surface area (Å²) in [5, 5.41) is 0. The number of amides is 1. The highest BCUT2D eigenvalue weighted by atomic mass is 19.1. The van der Waals surface area contributed by atoms with Gasteiger partial charge in [-0.3, -0.25) is 4.79 Å². The largest absolute Gasteiger partial charge is 0.356 e. The van der Waals surface area contributed by atoms with Gasteiger partial charge in [0.15, 0.2) is 5.82 Å². The van der Waals surface area contributed by atoms with Crippen molar-refractivity contribution in [3.8, 4) is 11.4 Å². The van der Waals surface area contributed by atoms with Crippen molar-refractivity contribution in [2.24, 2.45) is 11.8 Å². The Bertz CT molecular complexity index is 818. The molecule has 4 rings (SSSR count). The molecule has 2 aromatic rings. The Balaban J connectivity index is 1.46. The first-order chi connectivity index (χ1) is 13.6. The van der Waals surface area contributed by atoms with Crippen LogP contribution in [-0.2, 0) is 4.79 Å². The van der Waals surface area contributed by atoms with Crippen LogP contribution in [0.25, 0.3) is 11.4 Å². The fraction of sp³-hybridized carbons (Fsp3) is 0.500. The van der Waals surface area contributed by atoms with Crippen LogP contribution in [0.2, 0.25) is 0 Å². The second kappa shape index (κ2) is 8.25. The molecule has 0 bridgehead atoms. The first kappa shape index (κ1) is 18.8. The summed E-state index contributed by atoms with van der Waals surface area (Å²) in [4.78, 5) is 26.2. The highest BCUT2D eigenvalue weighted by Gasteiger charge is 2.31. The van der Waals surface area contributed by atoms with Crippen LogP contribution in [-0.4, -0.2) is 47.0 Å². The molecule has 1 atom stereocenters. The number of nitrogens with zero attached hydrogens (tertiary/aromatic N) is 4. The molecule has 3 heterocycles. The van der Waals surface area contributed by atoms with Crippen molar-refractivity contribution in [1.82, 2.24) is 14.9 Å². The lowest BCUT2D eigenvalue weighted by Crippen LogP contribution is -2.47. The number of halogens is 1. The van der Waals surface area contributed by atoms with E-state index in [9.17, 15) is 9.18 Å². The maximum atomic E-state index is 13.2. The standard InChI is InChI=1S/C22H27FN4O/c1-16-9-13-26(14-10-16)22(28)18-3-2-12-27(15-18)20-8-11-24-21(25-20)17-4-6-19(23)7-5-17/h4-8,11,16,18H,2-3,9-10,12-15H2,1H3/t18-/m0/s1. The van der Waals surface area contributed by atoms with Gasteiger partial charge in [0.2, 0.25) is 5.91 Å². The minimum Gasteiger partial charge on any atom is -0.356 e.